The van der Waals surface area contributed by atoms with E-state index in [9.17, 15) is 19.5 Å². The van der Waals surface area contributed by atoms with Crippen LogP contribution in [0.3, 0.4) is 0 Å². The maximum atomic E-state index is 12.1. The monoisotopic (exact) mass is 383 g/mol. The van der Waals surface area contributed by atoms with E-state index in [0.29, 0.717) is 0 Å². The number of amides is 1. The Morgan fingerprint density at radius 3 is 2.11 bits per heavy atom. The van der Waals surface area contributed by atoms with Crippen LogP contribution in [0, 0.1) is 0 Å². The van der Waals surface area contributed by atoms with E-state index in [4.69, 9.17) is 9.47 Å². The number of benzene rings is 2. The molecule has 0 aromatic heterocycles. The molecule has 7 nitrogen and oxygen atoms in total. The number of hydrogen-bond acceptors (Lipinski definition) is 5. The summed E-state index contributed by atoms with van der Waals surface area (Å²) in [6.07, 6.45) is -1.36. The van der Waals surface area contributed by atoms with Crippen LogP contribution in [0.2, 0.25) is 0 Å². The minimum Gasteiger partial charge on any atom is -0.480 e. The molecule has 1 aliphatic rings. The van der Waals surface area contributed by atoms with Crippen molar-refractivity contribution < 1.29 is 29.0 Å². The smallest absolute Gasteiger partial charge is 0.407 e. The number of aliphatic carboxylic acids is 1. The summed E-state index contributed by atoms with van der Waals surface area (Å²) in [5, 5.41) is 11.4. The van der Waals surface area contributed by atoms with Gasteiger partial charge in [0.15, 0.2) is 0 Å². The second-order valence-electron chi connectivity index (χ2n) is 6.37. The molecule has 0 spiro atoms. The number of esters is 1. The third kappa shape index (κ3) is 4.14. The van der Waals surface area contributed by atoms with Gasteiger partial charge in [0, 0.05) is 5.92 Å². The van der Waals surface area contributed by atoms with Gasteiger partial charge in [0.1, 0.15) is 12.6 Å². The van der Waals surface area contributed by atoms with Gasteiger partial charge in [-0.1, -0.05) is 48.5 Å². The molecule has 7 heteroatoms. The lowest BCUT2D eigenvalue weighted by molar-refractivity contribution is -0.149. The summed E-state index contributed by atoms with van der Waals surface area (Å²) < 4.78 is 10.0. The van der Waals surface area contributed by atoms with Crippen LogP contribution < -0.4 is 5.32 Å². The first-order valence-corrected chi connectivity index (χ1v) is 9.01. The van der Waals surface area contributed by atoms with Crippen molar-refractivity contribution >= 4 is 18.0 Å². The van der Waals surface area contributed by atoms with E-state index in [1.54, 1.807) is 6.92 Å². The number of fused-ring (bicyclic) bond motifs is 3. The third-order valence-electron chi connectivity index (χ3n) is 4.61. The Labute approximate surface area is 162 Å². The average molecular weight is 383 g/mol. The van der Waals surface area contributed by atoms with E-state index in [1.165, 1.54) is 0 Å². The lowest BCUT2D eigenvalue weighted by Crippen LogP contribution is -2.43. The Morgan fingerprint density at radius 2 is 1.57 bits per heavy atom. The van der Waals surface area contributed by atoms with Gasteiger partial charge in [-0.15, -0.1) is 0 Å². The number of carboxylic acid groups (broad SMARTS) is 1. The number of carbonyl (C=O) groups excluding carboxylic acids is 2. The Balaban J connectivity index is 1.66. The second-order valence-corrected chi connectivity index (χ2v) is 6.37. The van der Waals surface area contributed by atoms with Gasteiger partial charge in [0.2, 0.25) is 0 Å². The molecule has 2 N–H and O–H groups in total. The van der Waals surface area contributed by atoms with E-state index in [0.717, 1.165) is 22.3 Å². The molecule has 0 aliphatic heterocycles. The summed E-state index contributed by atoms with van der Waals surface area (Å²) in [4.78, 5) is 34.9. The summed E-state index contributed by atoms with van der Waals surface area (Å²) in [5.41, 5.74) is 4.30. The van der Waals surface area contributed by atoms with Gasteiger partial charge >= 0.3 is 18.0 Å². The van der Waals surface area contributed by atoms with Crippen LogP contribution in [0.4, 0.5) is 4.79 Å². The maximum absolute atomic E-state index is 12.1. The summed E-state index contributed by atoms with van der Waals surface area (Å²) in [7, 11) is 0. The van der Waals surface area contributed by atoms with E-state index in [-0.39, 0.29) is 19.1 Å². The van der Waals surface area contributed by atoms with Gasteiger partial charge in [-0.05, 0) is 29.2 Å². The number of carbonyl (C=O) groups is 3. The Bertz CT molecular complexity index is 848. The zero-order valence-electron chi connectivity index (χ0n) is 15.4. The van der Waals surface area contributed by atoms with Gasteiger partial charge in [-0.25, -0.2) is 9.59 Å². The third-order valence-corrected chi connectivity index (χ3v) is 4.61. The number of carboxylic acids is 1. The lowest BCUT2D eigenvalue weighted by Gasteiger charge is -2.17. The minimum absolute atomic E-state index is 0.0611. The highest BCUT2D eigenvalue weighted by Gasteiger charge is 2.30. The predicted molar refractivity (Wildman–Crippen MR) is 101 cm³/mol. The van der Waals surface area contributed by atoms with Crippen molar-refractivity contribution in [2.45, 2.75) is 25.3 Å². The quantitative estimate of drug-likeness (QED) is 0.713. The fourth-order valence-corrected chi connectivity index (χ4v) is 3.37. The van der Waals surface area contributed by atoms with Crippen molar-refractivity contribution in [1.29, 1.82) is 0 Å². The molecule has 0 heterocycles. The number of rotatable bonds is 7. The first-order valence-electron chi connectivity index (χ1n) is 9.01. The molecule has 3 rings (SSSR count). The van der Waals surface area contributed by atoms with Crippen molar-refractivity contribution in [3.8, 4) is 11.1 Å². The average Bonchev–Trinajstić information content (AvgIpc) is 3.00. The Hall–Kier alpha value is -3.35. The molecular weight excluding hydrogens is 362 g/mol. The topological polar surface area (TPSA) is 102 Å². The van der Waals surface area contributed by atoms with Gasteiger partial charge in [0.25, 0.3) is 0 Å². The molecule has 0 bridgehead atoms. The molecular formula is C21H21NO6. The number of nitrogens with one attached hydrogen (secondary N) is 1. The van der Waals surface area contributed by atoms with Crippen LogP contribution in [-0.4, -0.2) is 42.4 Å². The summed E-state index contributed by atoms with van der Waals surface area (Å²) in [6, 6.07) is 14.4. The molecule has 1 atom stereocenters. The largest absolute Gasteiger partial charge is 0.480 e. The number of alkyl carbamates (subject to hydrolysis) is 1. The highest BCUT2D eigenvalue weighted by atomic mass is 16.6. The van der Waals surface area contributed by atoms with Gasteiger partial charge in [-0.3, -0.25) is 4.79 Å². The highest BCUT2D eigenvalue weighted by Crippen LogP contribution is 2.44. The standard InChI is InChI=1S/C21H21NO6/c1-2-27-19(23)11-18(20(24)25)22-21(26)28-12-17-15-9-5-3-7-13(15)14-8-4-6-10-16(14)17/h3-10,17-18H,2,11-12H2,1H3,(H,22,26)(H,24,25). The molecule has 28 heavy (non-hydrogen) atoms. The van der Waals surface area contributed by atoms with Crippen molar-refractivity contribution in [2.75, 3.05) is 13.2 Å². The first kappa shape index (κ1) is 19.4. The molecule has 0 saturated carbocycles. The van der Waals surface area contributed by atoms with Gasteiger partial charge in [-0.2, -0.15) is 0 Å². The van der Waals surface area contributed by atoms with E-state index in [1.807, 2.05) is 48.5 Å². The molecule has 0 radical (unpaired) electrons. The first-order chi connectivity index (χ1) is 13.5. The second kappa shape index (κ2) is 8.56. The predicted octanol–water partition coefficient (Wildman–Crippen LogP) is 2.93. The zero-order chi connectivity index (χ0) is 20.1. The normalized spacial score (nSPS) is 13.2. The molecule has 146 valence electrons. The minimum atomic E-state index is -1.41. The van der Waals surface area contributed by atoms with E-state index in [2.05, 4.69) is 5.32 Å². The van der Waals surface area contributed by atoms with Crippen LogP contribution >= 0.6 is 0 Å². The summed E-state index contributed by atoms with van der Waals surface area (Å²) in [5.74, 6) is -2.16. The Kier molecular flexibility index (Phi) is 5.93. The fraction of sp³-hybridized carbons (Fsp3) is 0.286. The van der Waals surface area contributed by atoms with Crippen molar-refractivity contribution in [3.05, 3.63) is 59.7 Å². The number of ether oxygens (including phenoxy) is 2. The molecule has 0 fully saturated rings. The summed E-state index contributed by atoms with van der Waals surface area (Å²) in [6.45, 7) is 1.81. The Morgan fingerprint density at radius 1 is 1.00 bits per heavy atom. The van der Waals surface area contributed by atoms with Crippen LogP contribution in [0.25, 0.3) is 11.1 Å². The molecule has 1 aliphatic carbocycles. The van der Waals surface area contributed by atoms with Crippen molar-refractivity contribution in [3.63, 3.8) is 0 Å². The van der Waals surface area contributed by atoms with Gasteiger partial charge < -0.3 is 19.9 Å². The van der Waals surface area contributed by atoms with Crippen molar-refractivity contribution in [2.24, 2.45) is 0 Å². The van der Waals surface area contributed by atoms with Crippen LogP contribution in [-0.2, 0) is 19.1 Å². The summed E-state index contributed by atoms with van der Waals surface area (Å²) >= 11 is 0. The fourth-order valence-electron chi connectivity index (χ4n) is 3.37. The number of hydrogen-bond donors (Lipinski definition) is 2. The SMILES string of the molecule is CCOC(=O)CC(NC(=O)OCC1c2ccccc2-c2ccccc21)C(=O)O. The molecule has 0 saturated heterocycles. The molecule has 1 unspecified atom stereocenters. The lowest BCUT2D eigenvalue weighted by atomic mass is 9.98. The highest BCUT2D eigenvalue weighted by molar-refractivity contribution is 5.85. The van der Waals surface area contributed by atoms with Crippen LogP contribution in [0.5, 0.6) is 0 Å². The van der Waals surface area contributed by atoms with Crippen LogP contribution in [0.1, 0.15) is 30.4 Å². The van der Waals surface area contributed by atoms with Crippen LogP contribution in [0.15, 0.2) is 48.5 Å². The van der Waals surface area contributed by atoms with E-state index < -0.39 is 30.5 Å². The zero-order valence-corrected chi connectivity index (χ0v) is 15.4. The van der Waals surface area contributed by atoms with Gasteiger partial charge in [0.05, 0.1) is 13.0 Å². The molecule has 1 amide bonds. The van der Waals surface area contributed by atoms with E-state index >= 15 is 0 Å². The molecule has 2 aromatic rings. The maximum Gasteiger partial charge on any atom is 0.407 e. The molecule has 2 aromatic carbocycles. The van der Waals surface area contributed by atoms with Crippen molar-refractivity contribution in [1.82, 2.24) is 5.32 Å².